The van der Waals surface area contributed by atoms with Crippen LogP contribution in [0, 0.1) is 0 Å². The third kappa shape index (κ3) is 5.96. The van der Waals surface area contributed by atoms with Crippen LogP contribution in [0.5, 0.6) is 0 Å². The number of anilines is 3. The lowest BCUT2D eigenvalue weighted by molar-refractivity contribution is 1.18. The maximum absolute atomic E-state index is 2.47. The third-order valence-electron chi connectivity index (χ3n) is 12.6. The molecule has 0 amide bonds. The van der Waals surface area contributed by atoms with Gasteiger partial charge in [-0.1, -0.05) is 188 Å². The van der Waals surface area contributed by atoms with Crippen LogP contribution in [0.2, 0.25) is 0 Å². The van der Waals surface area contributed by atoms with Crippen molar-refractivity contribution in [3.8, 4) is 39.1 Å². The molecule has 0 unspecified atom stereocenters. The zero-order chi connectivity index (χ0) is 41.0. The summed E-state index contributed by atoms with van der Waals surface area (Å²) in [6.45, 7) is 0. The van der Waals surface area contributed by atoms with E-state index >= 15 is 0 Å². The molecular weight excluding hydrogens is 749 g/mol. The van der Waals surface area contributed by atoms with Gasteiger partial charge in [0.1, 0.15) is 0 Å². The minimum Gasteiger partial charge on any atom is -0.309 e. The molecule has 12 rings (SSSR count). The molecule has 1 aromatic heterocycles. The molecule has 0 spiro atoms. The molecule has 0 saturated carbocycles. The SMILES string of the molecule is c1ccc(-c2ccc(-c3cc4ccccc4c4ccccc34)cc2N(c2ccc(-c3cccc(-n4c5ccccc5c5ccccc54)c3)cc2)c2cccc3ccccc23)cc1. The number of nitrogens with zero attached hydrogens (tertiary/aromatic N) is 2. The fraction of sp³-hybridized carbons (Fsp3) is 0. The fourth-order valence-electron chi connectivity index (χ4n) is 9.68. The standard InChI is InChI=1S/C60H40N2/c1-2-16-42(17-3-1)51-37-34-46(56-39-45-19-5-6-23-49(45)52-25-8-9-26-53(52)56)40-60(51)61(57-31-15-20-43-18-4-7-24-50(43)57)47-35-32-41(33-36-47)44-21-14-22-48(38-44)62-58-29-12-10-27-54(58)55-28-11-13-30-59(55)62/h1-40H. The summed E-state index contributed by atoms with van der Waals surface area (Å²) in [5.41, 5.74) is 13.9. The van der Waals surface area contributed by atoms with Crippen LogP contribution in [-0.2, 0) is 0 Å². The van der Waals surface area contributed by atoms with Crippen molar-refractivity contribution < 1.29 is 0 Å². The van der Waals surface area contributed by atoms with Gasteiger partial charge in [-0.25, -0.2) is 0 Å². The summed E-state index contributed by atoms with van der Waals surface area (Å²) >= 11 is 0. The Bertz CT molecular complexity index is 3580. The van der Waals surface area contributed by atoms with Gasteiger partial charge < -0.3 is 9.47 Å². The van der Waals surface area contributed by atoms with Crippen molar-refractivity contribution in [3.05, 3.63) is 243 Å². The van der Waals surface area contributed by atoms with Crippen molar-refractivity contribution in [2.24, 2.45) is 0 Å². The Morgan fingerprint density at radius 2 is 0.839 bits per heavy atom. The van der Waals surface area contributed by atoms with E-state index in [-0.39, 0.29) is 0 Å². The Kier molecular flexibility index (Phi) is 8.53. The number of benzene rings is 11. The summed E-state index contributed by atoms with van der Waals surface area (Å²) in [7, 11) is 0. The molecule has 12 aromatic rings. The number of aromatic nitrogens is 1. The van der Waals surface area contributed by atoms with Crippen LogP contribution in [0.4, 0.5) is 17.1 Å². The van der Waals surface area contributed by atoms with E-state index in [0.717, 1.165) is 33.9 Å². The van der Waals surface area contributed by atoms with Gasteiger partial charge in [-0.05, 0) is 109 Å². The number of fused-ring (bicyclic) bond motifs is 7. The second kappa shape index (κ2) is 14.8. The van der Waals surface area contributed by atoms with Gasteiger partial charge in [-0.15, -0.1) is 0 Å². The predicted octanol–water partition coefficient (Wildman–Crippen LogP) is 16.7. The molecule has 0 saturated heterocycles. The molecule has 2 nitrogen and oxygen atoms in total. The molecule has 11 aromatic carbocycles. The van der Waals surface area contributed by atoms with Gasteiger partial charge in [0.25, 0.3) is 0 Å². The Balaban J connectivity index is 1.05. The van der Waals surface area contributed by atoms with Crippen LogP contribution in [0.1, 0.15) is 0 Å². The van der Waals surface area contributed by atoms with Crippen LogP contribution in [0.25, 0.3) is 93.2 Å². The first-order valence-corrected chi connectivity index (χ1v) is 21.3. The lowest BCUT2D eigenvalue weighted by atomic mass is 9.91. The molecule has 1 heterocycles. The third-order valence-corrected chi connectivity index (χ3v) is 12.6. The molecule has 0 aliphatic rings. The summed E-state index contributed by atoms with van der Waals surface area (Å²) in [4.78, 5) is 2.47. The summed E-state index contributed by atoms with van der Waals surface area (Å²) in [6.07, 6.45) is 0. The zero-order valence-electron chi connectivity index (χ0n) is 34.0. The van der Waals surface area contributed by atoms with E-state index in [0.29, 0.717) is 0 Å². The quantitative estimate of drug-likeness (QED) is 0.146. The molecule has 0 fully saturated rings. The van der Waals surface area contributed by atoms with E-state index in [1.807, 2.05) is 0 Å². The van der Waals surface area contributed by atoms with Crippen LogP contribution in [0.3, 0.4) is 0 Å². The first-order chi connectivity index (χ1) is 30.8. The molecule has 0 aliphatic carbocycles. The molecule has 0 aliphatic heterocycles. The minimum atomic E-state index is 1.08. The Morgan fingerprint density at radius 1 is 0.274 bits per heavy atom. The summed E-state index contributed by atoms with van der Waals surface area (Å²) in [5.74, 6) is 0. The molecule has 0 bridgehead atoms. The first-order valence-electron chi connectivity index (χ1n) is 21.3. The van der Waals surface area contributed by atoms with E-state index < -0.39 is 0 Å². The van der Waals surface area contributed by atoms with Gasteiger partial charge in [0.05, 0.1) is 22.4 Å². The van der Waals surface area contributed by atoms with E-state index in [1.165, 1.54) is 76.4 Å². The minimum absolute atomic E-state index is 1.08. The smallest absolute Gasteiger partial charge is 0.0546 e. The number of hydrogen-bond donors (Lipinski definition) is 0. The molecular formula is C60H40N2. The maximum atomic E-state index is 2.47. The van der Waals surface area contributed by atoms with Gasteiger partial charge in [0.15, 0.2) is 0 Å². The molecule has 0 radical (unpaired) electrons. The van der Waals surface area contributed by atoms with Crippen molar-refractivity contribution in [2.75, 3.05) is 4.90 Å². The van der Waals surface area contributed by atoms with Gasteiger partial charge in [-0.3, -0.25) is 0 Å². The van der Waals surface area contributed by atoms with Gasteiger partial charge in [0, 0.05) is 33.1 Å². The highest BCUT2D eigenvalue weighted by molar-refractivity contribution is 6.14. The highest BCUT2D eigenvalue weighted by atomic mass is 15.1. The highest BCUT2D eigenvalue weighted by Crippen LogP contribution is 2.46. The van der Waals surface area contributed by atoms with Gasteiger partial charge in [-0.2, -0.15) is 0 Å². The monoisotopic (exact) mass is 788 g/mol. The number of para-hydroxylation sites is 2. The highest BCUT2D eigenvalue weighted by Gasteiger charge is 2.22. The van der Waals surface area contributed by atoms with E-state index in [2.05, 4.69) is 252 Å². The van der Waals surface area contributed by atoms with Crippen molar-refractivity contribution >= 4 is 71.2 Å². The summed E-state index contributed by atoms with van der Waals surface area (Å²) in [6, 6.07) is 88.6. The lowest BCUT2D eigenvalue weighted by Gasteiger charge is -2.30. The average molecular weight is 789 g/mol. The van der Waals surface area contributed by atoms with E-state index in [1.54, 1.807) is 0 Å². The van der Waals surface area contributed by atoms with E-state index in [4.69, 9.17) is 0 Å². The Labute approximate surface area is 360 Å². The van der Waals surface area contributed by atoms with Crippen molar-refractivity contribution in [2.45, 2.75) is 0 Å². The first kappa shape index (κ1) is 35.7. The maximum Gasteiger partial charge on any atom is 0.0546 e. The van der Waals surface area contributed by atoms with Crippen LogP contribution < -0.4 is 4.90 Å². The molecule has 0 N–H and O–H groups in total. The van der Waals surface area contributed by atoms with Crippen LogP contribution in [-0.4, -0.2) is 4.57 Å². The topological polar surface area (TPSA) is 8.17 Å². The largest absolute Gasteiger partial charge is 0.309 e. The summed E-state index contributed by atoms with van der Waals surface area (Å²) < 4.78 is 2.39. The number of rotatable bonds is 7. The second-order valence-corrected chi connectivity index (χ2v) is 16.1. The lowest BCUT2D eigenvalue weighted by Crippen LogP contribution is -2.12. The normalized spacial score (nSPS) is 11.5. The van der Waals surface area contributed by atoms with Crippen LogP contribution in [0.15, 0.2) is 243 Å². The van der Waals surface area contributed by atoms with E-state index in [9.17, 15) is 0 Å². The van der Waals surface area contributed by atoms with Crippen molar-refractivity contribution in [1.29, 1.82) is 0 Å². The van der Waals surface area contributed by atoms with Crippen LogP contribution >= 0.6 is 0 Å². The van der Waals surface area contributed by atoms with Gasteiger partial charge in [0.2, 0.25) is 0 Å². The molecule has 0 atom stereocenters. The molecule has 2 heteroatoms. The van der Waals surface area contributed by atoms with Crippen molar-refractivity contribution in [3.63, 3.8) is 0 Å². The Hall–Kier alpha value is -8.20. The number of hydrogen-bond acceptors (Lipinski definition) is 1. The molecule has 62 heavy (non-hydrogen) atoms. The molecule has 290 valence electrons. The second-order valence-electron chi connectivity index (χ2n) is 16.1. The fourth-order valence-corrected chi connectivity index (χ4v) is 9.68. The Morgan fingerprint density at radius 3 is 1.60 bits per heavy atom. The predicted molar refractivity (Wildman–Crippen MR) is 264 cm³/mol. The average Bonchev–Trinajstić information content (AvgIpc) is 3.69. The van der Waals surface area contributed by atoms with Crippen molar-refractivity contribution in [1.82, 2.24) is 4.57 Å². The zero-order valence-corrected chi connectivity index (χ0v) is 34.0. The summed E-state index contributed by atoms with van der Waals surface area (Å²) in [5, 5.41) is 9.93. The van der Waals surface area contributed by atoms with Gasteiger partial charge >= 0.3 is 0 Å².